The fourth-order valence-electron chi connectivity index (χ4n) is 4.45. The topological polar surface area (TPSA) is 99.5 Å². The van der Waals surface area contributed by atoms with Gasteiger partial charge in [-0.2, -0.15) is 13.2 Å². The lowest BCUT2D eigenvalue weighted by molar-refractivity contribution is -0.287. The summed E-state index contributed by atoms with van der Waals surface area (Å²) in [4.78, 5) is 16.6. The van der Waals surface area contributed by atoms with Crippen LogP contribution >= 0.6 is 0 Å². The first-order valence-corrected chi connectivity index (χ1v) is 14.0. The first kappa shape index (κ1) is 28.3. The first-order valence-electron chi connectivity index (χ1n) is 12.3. The zero-order chi connectivity index (χ0) is 29.6. The molecule has 1 amide bonds. The third kappa shape index (κ3) is 5.82. The van der Waals surface area contributed by atoms with E-state index in [4.69, 9.17) is 0 Å². The molecule has 5 rings (SSSR count). The number of hydrogen-bond acceptors (Lipinski definition) is 6. The molecule has 0 atom stereocenters. The Morgan fingerprint density at radius 2 is 1.78 bits per heavy atom. The minimum Gasteiger partial charge on any atom is -0.395 e. The SMILES string of the molecule is CCCS(=O)(=O)c1ccc(CNC(=O)c2ccc3c(c2)nc(C(F)(F)F)n3Cc2cccc3c2OC(F)(F)O3)cc1. The van der Waals surface area contributed by atoms with E-state index in [1.165, 1.54) is 48.5 Å². The number of imidazole rings is 1. The van der Waals surface area contributed by atoms with Gasteiger partial charge in [0.25, 0.3) is 5.91 Å². The molecule has 1 aliphatic heterocycles. The van der Waals surface area contributed by atoms with Crippen LogP contribution in [0.5, 0.6) is 11.5 Å². The van der Waals surface area contributed by atoms with Crippen LogP contribution in [0.25, 0.3) is 11.0 Å². The molecule has 1 N–H and O–H groups in total. The second-order valence-electron chi connectivity index (χ2n) is 9.28. The standard InChI is InChI=1S/C27H22F5N3O5S/c1-2-12-41(37,38)19-9-6-16(7-10-19)14-33-24(36)17-8-11-21-20(13-17)34-25(26(28,29)30)35(21)15-18-4-3-5-22-23(18)40-27(31,32)39-22/h3-11,13H,2,12,14-15H2,1H3,(H,33,36). The lowest BCUT2D eigenvalue weighted by Crippen LogP contribution is -2.26. The van der Waals surface area contributed by atoms with Crippen LogP contribution in [0.1, 0.15) is 40.7 Å². The summed E-state index contributed by atoms with van der Waals surface area (Å²) in [6, 6.07) is 13.7. The molecule has 0 saturated carbocycles. The lowest BCUT2D eigenvalue weighted by atomic mass is 10.1. The van der Waals surface area contributed by atoms with Gasteiger partial charge in [-0.05, 0) is 48.4 Å². The summed E-state index contributed by atoms with van der Waals surface area (Å²) in [5.74, 6) is -2.54. The Hall–Kier alpha value is -4.20. The number of hydrogen-bond donors (Lipinski definition) is 1. The van der Waals surface area contributed by atoms with Crippen molar-refractivity contribution in [1.82, 2.24) is 14.9 Å². The van der Waals surface area contributed by atoms with Crippen molar-refractivity contribution in [2.75, 3.05) is 5.75 Å². The minimum atomic E-state index is -4.89. The Balaban J connectivity index is 1.38. The van der Waals surface area contributed by atoms with Gasteiger partial charge in [0.05, 0.1) is 28.2 Å². The normalized spacial score (nSPS) is 14.4. The summed E-state index contributed by atoms with van der Waals surface area (Å²) in [5, 5.41) is 2.64. The molecule has 0 saturated heterocycles. The van der Waals surface area contributed by atoms with Gasteiger partial charge < -0.3 is 19.4 Å². The molecular formula is C27H22F5N3O5S. The molecule has 1 aliphatic rings. The molecule has 0 spiro atoms. The molecule has 0 aliphatic carbocycles. The maximum atomic E-state index is 13.9. The van der Waals surface area contributed by atoms with Crippen LogP contribution in [0, 0.1) is 0 Å². The maximum Gasteiger partial charge on any atom is 0.586 e. The molecular weight excluding hydrogens is 573 g/mol. The van der Waals surface area contributed by atoms with Crippen molar-refractivity contribution in [3.63, 3.8) is 0 Å². The lowest BCUT2D eigenvalue weighted by Gasteiger charge is -2.13. The van der Waals surface area contributed by atoms with Gasteiger partial charge in [-0.3, -0.25) is 4.79 Å². The van der Waals surface area contributed by atoms with Crippen LogP contribution in [-0.2, 0) is 29.1 Å². The number of benzene rings is 3. The number of aromatic nitrogens is 2. The number of nitrogens with one attached hydrogen (secondary N) is 1. The largest absolute Gasteiger partial charge is 0.586 e. The quantitative estimate of drug-likeness (QED) is 0.269. The first-order chi connectivity index (χ1) is 19.3. The molecule has 41 heavy (non-hydrogen) atoms. The maximum absolute atomic E-state index is 13.9. The van der Waals surface area contributed by atoms with Crippen LogP contribution in [0.4, 0.5) is 22.0 Å². The van der Waals surface area contributed by atoms with Gasteiger partial charge in [-0.25, -0.2) is 13.4 Å². The van der Waals surface area contributed by atoms with Crippen molar-refractivity contribution in [3.8, 4) is 11.5 Å². The summed E-state index contributed by atoms with van der Waals surface area (Å²) >= 11 is 0. The molecule has 0 fully saturated rings. The molecule has 0 bridgehead atoms. The molecule has 216 valence electrons. The van der Waals surface area contributed by atoms with E-state index < -0.39 is 40.6 Å². The van der Waals surface area contributed by atoms with Gasteiger partial charge in [0.15, 0.2) is 21.3 Å². The van der Waals surface area contributed by atoms with Crippen molar-refractivity contribution < 1.29 is 44.6 Å². The summed E-state index contributed by atoms with van der Waals surface area (Å²) in [5.41, 5.74) is 0.548. The molecule has 1 aromatic heterocycles. The van der Waals surface area contributed by atoms with Crippen molar-refractivity contribution in [2.45, 2.75) is 43.8 Å². The number of fused-ring (bicyclic) bond motifs is 2. The van der Waals surface area contributed by atoms with Crippen LogP contribution in [0.15, 0.2) is 65.6 Å². The number of amides is 1. The van der Waals surface area contributed by atoms with E-state index in [-0.39, 0.29) is 50.9 Å². The highest BCUT2D eigenvalue weighted by Crippen LogP contribution is 2.44. The fraction of sp³-hybridized carbons (Fsp3) is 0.259. The number of halogens is 5. The highest BCUT2D eigenvalue weighted by molar-refractivity contribution is 7.91. The van der Waals surface area contributed by atoms with Crippen LogP contribution < -0.4 is 14.8 Å². The van der Waals surface area contributed by atoms with E-state index in [0.717, 1.165) is 4.57 Å². The van der Waals surface area contributed by atoms with E-state index in [2.05, 4.69) is 19.8 Å². The number of ether oxygens (including phenoxy) is 2. The van der Waals surface area contributed by atoms with Crippen molar-refractivity contribution in [3.05, 3.63) is 83.2 Å². The number of rotatable bonds is 8. The van der Waals surface area contributed by atoms with E-state index in [1.807, 2.05) is 0 Å². The van der Waals surface area contributed by atoms with E-state index in [9.17, 15) is 35.2 Å². The zero-order valence-corrected chi connectivity index (χ0v) is 22.2. The number of carbonyl (C=O) groups excluding carboxylic acids is 1. The predicted octanol–water partition coefficient (Wildman–Crippen LogP) is 5.54. The third-order valence-corrected chi connectivity index (χ3v) is 8.25. The Bertz CT molecular complexity index is 1730. The molecule has 8 nitrogen and oxygen atoms in total. The molecule has 3 aromatic carbocycles. The molecule has 2 heterocycles. The van der Waals surface area contributed by atoms with E-state index in [0.29, 0.717) is 12.0 Å². The minimum absolute atomic E-state index is 0.0137. The zero-order valence-electron chi connectivity index (χ0n) is 21.3. The average Bonchev–Trinajstić information content (AvgIpc) is 3.43. The van der Waals surface area contributed by atoms with Gasteiger partial charge in [-0.15, -0.1) is 8.78 Å². The van der Waals surface area contributed by atoms with Crippen LogP contribution in [-0.4, -0.2) is 35.9 Å². The highest BCUT2D eigenvalue weighted by Gasteiger charge is 2.45. The number of alkyl halides is 5. The summed E-state index contributed by atoms with van der Waals surface area (Å²) in [6.45, 7) is 1.29. The van der Waals surface area contributed by atoms with Gasteiger partial charge in [0.2, 0.25) is 5.82 Å². The average molecular weight is 596 g/mol. The summed E-state index contributed by atoms with van der Waals surface area (Å²) in [7, 11) is -3.39. The van der Waals surface area contributed by atoms with Crippen molar-refractivity contribution >= 4 is 26.8 Å². The third-order valence-electron chi connectivity index (χ3n) is 6.31. The van der Waals surface area contributed by atoms with Crippen molar-refractivity contribution in [1.29, 1.82) is 0 Å². The van der Waals surface area contributed by atoms with Gasteiger partial charge in [-0.1, -0.05) is 31.2 Å². The second-order valence-corrected chi connectivity index (χ2v) is 11.4. The highest BCUT2D eigenvalue weighted by atomic mass is 32.2. The van der Waals surface area contributed by atoms with Crippen LogP contribution in [0.2, 0.25) is 0 Å². The Morgan fingerprint density at radius 3 is 2.46 bits per heavy atom. The smallest absolute Gasteiger partial charge is 0.395 e. The fourth-order valence-corrected chi connectivity index (χ4v) is 5.78. The Morgan fingerprint density at radius 1 is 1.05 bits per heavy atom. The predicted molar refractivity (Wildman–Crippen MR) is 136 cm³/mol. The molecule has 0 radical (unpaired) electrons. The number of carbonyl (C=O) groups is 1. The summed E-state index contributed by atoms with van der Waals surface area (Å²) in [6.07, 6.45) is -8.36. The number of para-hydroxylation sites is 1. The van der Waals surface area contributed by atoms with Gasteiger partial charge in [0, 0.05) is 17.7 Å². The molecule has 4 aromatic rings. The second kappa shape index (κ2) is 10.3. The Labute approximate surface area is 230 Å². The van der Waals surface area contributed by atoms with Gasteiger partial charge in [0.1, 0.15) is 0 Å². The summed E-state index contributed by atoms with van der Waals surface area (Å²) < 4.78 is 103. The van der Waals surface area contributed by atoms with Crippen LogP contribution in [0.3, 0.4) is 0 Å². The molecule has 0 unspecified atom stereocenters. The van der Waals surface area contributed by atoms with Gasteiger partial charge >= 0.3 is 12.5 Å². The van der Waals surface area contributed by atoms with Crippen molar-refractivity contribution in [2.24, 2.45) is 0 Å². The van der Waals surface area contributed by atoms with E-state index in [1.54, 1.807) is 19.1 Å². The number of nitrogens with zero attached hydrogens (tertiary/aromatic N) is 2. The van der Waals surface area contributed by atoms with E-state index >= 15 is 0 Å². The Kier molecular flexibility index (Phi) is 7.14. The monoisotopic (exact) mass is 595 g/mol. The number of sulfone groups is 1. The molecule has 14 heteroatoms.